The first-order valence-corrected chi connectivity index (χ1v) is 8.75. The Morgan fingerprint density at radius 1 is 1.21 bits per heavy atom. The van der Waals surface area contributed by atoms with Crippen LogP contribution in [0.1, 0.15) is 31.2 Å². The summed E-state index contributed by atoms with van der Waals surface area (Å²) in [6, 6.07) is 7.23. The summed E-state index contributed by atoms with van der Waals surface area (Å²) in [4.78, 5) is 0.387. The van der Waals surface area contributed by atoms with Gasteiger partial charge in [-0.3, -0.25) is 0 Å². The average Bonchev–Trinajstić information content (AvgIpc) is 3.28. The molecule has 0 bridgehead atoms. The Balaban J connectivity index is 1.89. The van der Waals surface area contributed by atoms with Crippen LogP contribution in [-0.4, -0.2) is 25.3 Å². The third-order valence-electron chi connectivity index (χ3n) is 3.75. The van der Waals surface area contributed by atoms with E-state index in [-0.39, 0.29) is 6.04 Å². The molecule has 19 heavy (non-hydrogen) atoms. The van der Waals surface area contributed by atoms with Gasteiger partial charge in [-0.15, -0.1) is 11.6 Å². The summed E-state index contributed by atoms with van der Waals surface area (Å²) < 4.78 is 27.2. The Bertz CT molecular complexity index is 565. The van der Waals surface area contributed by atoms with Crippen molar-refractivity contribution in [1.82, 2.24) is 4.31 Å². The third-order valence-corrected chi connectivity index (χ3v) is 5.97. The summed E-state index contributed by atoms with van der Waals surface area (Å²) in [7, 11) is -3.35. The van der Waals surface area contributed by atoms with E-state index in [0.717, 1.165) is 18.4 Å². The van der Waals surface area contributed by atoms with Crippen LogP contribution >= 0.6 is 11.6 Å². The van der Waals surface area contributed by atoms with E-state index in [2.05, 4.69) is 0 Å². The van der Waals surface area contributed by atoms with Gasteiger partial charge in [0.1, 0.15) is 0 Å². The summed E-state index contributed by atoms with van der Waals surface area (Å²) in [5.74, 6) is 0.918. The van der Waals surface area contributed by atoms with Gasteiger partial charge in [0, 0.05) is 18.5 Å². The van der Waals surface area contributed by atoms with Crippen LogP contribution in [0.25, 0.3) is 0 Å². The molecule has 2 aliphatic rings. The van der Waals surface area contributed by atoms with E-state index in [1.807, 2.05) is 6.07 Å². The minimum atomic E-state index is -3.35. The molecule has 2 fully saturated rings. The van der Waals surface area contributed by atoms with Gasteiger partial charge in [-0.05, 0) is 49.3 Å². The lowest BCUT2D eigenvalue weighted by Crippen LogP contribution is -2.35. The van der Waals surface area contributed by atoms with Gasteiger partial charge >= 0.3 is 0 Å². The molecule has 0 saturated heterocycles. The van der Waals surface area contributed by atoms with E-state index in [1.165, 1.54) is 12.8 Å². The fraction of sp³-hybridized carbons (Fsp3) is 0.571. The second kappa shape index (κ2) is 5.08. The molecule has 3 nitrogen and oxygen atoms in total. The Hall–Kier alpha value is -0.580. The molecule has 0 heterocycles. The molecule has 0 unspecified atom stereocenters. The van der Waals surface area contributed by atoms with E-state index in [0.29, 0.717) is 23.2 Å². The van der Waals surface area contributed by atoms with Crippen molar-refractivity contribution < 1.29 is 8.42 Å². The fourth-order valence-corrected chi connectivity index (χ4v) is 4.28. The summed E-state index contributed by atoms with van der Waals surface area (Å²) in [5.41, 5.74) is 0.852. The monoisotopic (exact) mass is 299 g/mol. The Morgan fingerprint density at radius 3 is 2.53 bits per heavy atom. The largest absolute Gasteiger partial charge is 0.243 e. The number of halogens is 1. The molecule has 104 valence electrons. The van der Waals surface area contributed by atoms with Gasteiger partial charge in [-0.25, -0.2) is 8.42 Å². The molecule has 5 heteroatoms. The minimum Gasteiger partial charge on any atom is -0.207 e. The van der Waals surface area contributed by atoms with Crippen molar-refractivity contribution in [1.29, 1.82) is 0 Å². The van der Waals surface area contributed by atoms with E-state index in [4.69, 9.17) is 11.6 Å². The maximum Gasteiger partial charge on any atom is 0.243 e. The quantitative estimate of drug-likeness (QED) is 0.757. The van der Waals surface area contributed by atoms with Gasteiger partial charge in [-0.1, -0.05) is 12.1 Å². The summed E-state index contributed by atoms with van der Waals surface area (Å²) >= 11 is 5.79. The molecule has 3 rings (SSSR count). The highest BCUT2D eigenvalue weighted by Gasteiger charge is 2.41. The number of hydrogen-bond acceptors (Lipinski definition) is 2. The van der Waals surface area contributed by atoms with Crippen molar-refractivity contribution in [2.24, 2.45) is 5.92 Å². The number of nitrogens with zero attached hydrogens (tertiary/aromatic N) is 1. The SMILES string of the molecule is O=S(=O)(c1cccc(CCl)c1)N(CC1CC1)C1CC1. The predicted octanol–water partition coefficient (Wildman–Crippen LogP) is 2.99. The van der Waals surface area contributed by atoms with Gasteiger partial charge < -0.3 is 0 Å². The normalized spacial score (nSPS) is 19.9. The van der Waals surface area contributed by atoms with E-state index in [9.17, 15) is 8.42 Å². The average molecular weight is 300 g/mol. The third kappa shape index (κ3) is 2.96. The highest BCUT2D eigenvalue weighted by molar-refractivity contribution is 7.89. The van der Waals surface area contributed by atoms with Gasteiger partial charge in [0.15, 0.2) is 0 Å². The Kier molecular flexibility index (Phi) is 3.58. The number of sulfonamides is 1. The molecule has 0 aromatic heterocycles. The lowest BCUT2D eigenvalue weighted by molar-refractivity contribution is 0.389. The highest BCUT2D eigenvalue weighted by atomic mass is 35.5. The van der Waals surface area contributed by atoms with Crippen LogP contribution < -0.4 is 0 Å². The van der Waals surface area contributed by atoms with Crippen molar-refractivity contribution >= 4 is 21.6 Å². The number of rotatable bonds is 6. The van der Waals surface area contributed by atoms with Crippen molar-refractivity contribution in [3.63, 3.8) is 0 Å². The molecule has 0 radical (unpaired) electrons. The van der Waals surface area contributed by atoms with Gasteiger partial charge in [0.05, 0.1) is 4.90 Å². The zero-order chi connectivity index (χ0) is 13.5. The van der Waals surface area contributed by atoms with Crippen molar-refractivity contribution in [2.45, 2.75) is 42.5 Å². The molecule has 0 aliphatic heterocycles. The first-order valence-electron chi connectivity index (χ1n) is 6.78. The highest BCUT2D eigenvalue weighted by Crippen LogP contribution is 2.38. The molecule has 2 saturated carbocycles. The second-order valence-corrected chi connectivity index (χ2v) is 7.69. The van der Waals surface area contributed by atoms with Gasteiger partial charge in [-0.2, -0.15) is 4.31 Å². The molecular weight excluding hydrogens is 282 g/mol. The second-order valence-electron chi connectivity index (χ2n) is 5.53. The fourth-order valence-electron chi connectivity index (χ4n) is 2.29. The van der Waals surface area contributed by atoms with E-state index >= 15 is 0 Å². The van der Waals surface area contributed by atoms with Crippen LogP contribution in [0.4, 0.5) is 0 Å². The Labute approximate surface area is 119 Å². The smallest absolute Gasteiger partial charge is 0.207 e. The number of hydrogen-bond donors (Lipinski definition) is 0. The maximum absolute atomic E-state index is 12.7. The van der Waals surface area contributed by atoms with Crippen molar-refractivity contribution in [3.05, 3.63) is 29.8 Å². The zero-order valence-corrected chi connectivity index (χ0v) is 12.3. The molecule has 2 aliphatic carbocycles. The predicted molar refractivity (Wildman–Crippen MR) is 75.6 cm³/mol. The summed E-state index contributed by atoms with van der Waals surface area (Å²) in [6.45, 7) is 0.693. The first kappa shape index (κ1) is 13.4. The van der Waals surface area contributed by atoms with E-state index < -0.39 is 10.0 Å². The van der Waals surface area contributed by atoms with Crippen LogP contribution in [0, 0.1) is 5.92 Å². The van der Waals surface area contributed by atoms with Gasteiger partial charge in [0.25, 0.3) is 0 Å². The first-order chi connectivity index (χ1) is 9.11. The molecular formula is C14H18ClNO2S. The molecule has 0 atom stereocenters. The summed E-state index contributed by atoms with van der Waals surface area (Å²) in [5, 5.41) is 0. The topological polar surface area (TPSA) is 37.4 Å². The minimum absolute atomic E-state index is 0.227. The van der Waals surface area contributed by atoms with Crippen molar-refractivity contribution in [3.8, 4) is 0 Å². The molecule has 0 spiro atoms. The number of benzene rings is 1. The number of alkyl halides is 1. The van der Waals surface area contributed by atoms with Crippen LogP contribution in [0.5, 0.6) is 0 Å². The molecule has 1 aromatic rings. The zero-order valence-electron chi connectivity index (χ0n) is 10.8. The Morgan fingerprint density at radius 2 is 1.95 bits per heavy atom. The molecule has 0 N–H and O–H groups in total. The lowest BCUT2D eigenvalue weighted by Gasteiger charge is -2.22. The van der Waals surface area contributed by atoms with Crippen LogP contribution in [-0.2, 0) is 15.9 Å². The maximum atomic E-state index is 12.7. The standard InChI is InChI=1S/C14H18ClNO2S/c15-9-12-2-1-3-14(8-12)19(17,18)16(13-6-7-13)10-11-4-5-11/h1-3,8,11,13H,4-7,9-10H2. The lowest BCUT2D eigenvalue weighted by atomic mass is 10.2. The van der Waals surface area contributed by atoms with Crippen molar-refractivity contribution in [2.75, 3.05) is 6.54 Å². The van der Waals surface area contributed by atoms with Gasteiger partial charge in [0.2, 0.25) is 10.0 Å². The summed E-state index contributed by atoms with van der Waals surface area (Å²) in [6.07, 6.45) is 4.34. The molecule has 0 amide bonds. The van der Waals surface area contributed by atoms with Crippen LogP contribution in [0.3, 0.4) is 0 Å². The van der Waals surface area contributed by atoms with Crippen LogP contribution in [0.2, 0.25) is 0 Å². The van der Waals surface area contributed by atoms with E-state index in [1.54, 1.807) is 22.5 Å². The van der Waals surface area contributed by atoms with Crippen LogP contribution in [0.15, 0.2) is 29.2 Å². The molecule has 1 aromatic carbocycles.